The average Bonchev–Trinajstić information content (AvgIpc) is 3.12. The smallest absolute Gasteiger partial charge is 0.422 e. The molecule has 0 saturated heterocycles. The number of alkyl halides is 5. The Kier molecular flexibility index (Phi) is 6.60. The zero-order valence-corrected chi connectivity index (χ0v) is 16.7. The Hall–Kier alpha value is -3.31. The van der Waals surface area contributed by atoms with Crippen LogP contribution in [0.4, 0.5) is 22.0 Å². The summed E-state index contributed by atoms with van der Waals surface area (Å²) in [5, 5.41) is 14.2. The number of Topliss-reactive ketones (excluding diaryl/α,β-unsaturated/α-hetero) is 2. The van der Waals surface area contributed by atoms with E-state index in [1.165, 1.54) is 19.2 Å². The summed E-state index contributed by atoms with van der Waals surface area (Å²) in [6, 6.07) is 1.24. The van der Waals surface area contributed by atoms with Gasteiger partial charge in [0.25, 0.3) is 6.43 Å². The van der Waals surface area contributed by atoms with Crippen LogP contribution in [0.3, 0.4) is 0 Å². The van der Waals surface area contributed by atoms with Crippen LogP contribution in [-0.2, 0) is 16.1 Å². The largest absolute Gasteiger partial charge is 0.506 e. The Bertz CT molecular complexity index is 1060. The molecule has 2 heterocycles. The Morgan fingerprint density at radius 1 is 1.25 bits per heavy atom. The van der Waals surface area contributed by atoms with Gasteiger partial charge in [-0.3, -0.25) is 19.3 Å². The van der Waals surface area contributed by atoms with Gasteiger partial charge in [0.1, 0.15) is 22.8 Å². The standard InChI is InChI=1S/C20H18F5N3O4/c1-10-12(26-6-5-15(10)32-9-20(23,24)25)8-28-7-11(17(27-28)19(21)22)18(31)16-13(29)3-2-4-14(16)30/h5-7,19,31H,2-4,8-9H2,1H3. The van der Waals surface area contributed by atoms with Crippen LogP contribution in [0.25, 0.3) is 5.76 Å². The highest BCUT2D eigenvalue weighted by Crippen LogP contribution is 2.31. The molecule has 172 valence electrons. The molecule has 0 amide bonds. The van der Waals surface area contributed by atoms with Gasteiger partial charge in [0, 0.05) is 30.8 Å². The molecule has 7 nitrogen and oxygen atoms in total. The van der Waals surface area contributed by atoms with Crippen molar-refractivity contribution >= 4 is 17.3 Å². The summed E-state index contributed by atoms with van der Waals surface area (Å²) in [5.74, 6) is -2.23. The number of ketones is 2. The highest BCUT2D eigenvalue weighted by atomic mass is 19.4. The van der Waals surface area contributed by atoms with E-state index in [4.69, 9.17) is 4.74 Å². The van der Waals surface area contributed by atoms with Crippen LogP contribution in [0.1, 0.15) is 48.2 Å². The van der Waals surface area contributed by atoms with Gasteiger partial charge in [-0.15, -0.1) is 0 Å². The van der Waals surface area contributed by atoms with Crippen molar-refractivity contribution in [3.63, 3.8) is 0 Å². The van der Waals surface area contributed by atoms with Gasteiger partial charge < -0.3 is 9.84 Å². The van der Waals surface area contributed by atoms with Gasteiger partial charge >= 0.3 is 6.18 Å². The first-order valence-corrected chi connectivity index (χ1v) is 9.47. The number of nitrogens with zero attached hydrogens (tertiary/aromatic N) is 3. The molecule has 0 aromatic carbocycles. The summed E-state index contributed by atoms with van der Waals surface area (Å²) in [7, 11) is 0. The first-order valence-electron chi connectivity index (χ1n) is 9.47. The number of hydrogen-bond donors (Lipinski definition) is 1. The Morgan fingerprint density at radius 3 is 2.50 bits per heavy atom. The Labute approximate surface area is 178 Å². The summed E-state index contributed by atoms with van der Waals surface area (Å²) in [6.45, 7) is -0.299. The van der Waals surface area contributed by atoms with Crippen LogP contribution in [0.15, 0.2) is 24.0 Å². The van der Waals surface area contributed by atoms with Crippen LogP contribution >= 0.6 is 0 Å². The molecule has 32 heavy (non-hydrogen) atoms. The topological polar surface area (TPSA) is 94.3 Å². The lowest BCUT2D eigenvalue weighted by Crippen LogP contribution is -2.20. The van der Waals surface area contributed by atoms with Crippen molar-refractivity contribution in [1.29, 1.82) is 0 Å². The predicted octanol–water partition coefficient (Wildman–Crippen LogP) is 4.10. The highest BCUT2D eigenvalue weighted by Gasteiger charge is 2.31. The first kappa shape index (κ1) is 23.4. The highest BCUT2D eigenvalue weighted by molar-refractivity contribution is 6.25. The van der Waals surface area contributed by atoms with E-state index < -0.39 is 53.4 Å². The normalized spacial score (nSPS) is 14.9. The van der Waals surface area contributed by atoms with Crippen molar-refractivity contribution in [2.45, 2.75) is 45.3 Å². The van der Waals surface area contributed by atoms with Gasteiger partial charge in [0.2, 0.25) is 0 Å². The molecule has 12 heteroatoms. The number of aromatic nitrogens is 3. The van der Waals surface area contributed by atoms with E-state index in [1.807, 2.05) is 0 Å². The van der Waals surface area contributed by atoms with Crippen LogP contribution < -0.4 is 4.74 Å². The molecule has 1 fully saturated rings. The van der Waals surface area contributed by atoms with Gasteiger partial charge in [-0.1, -0.05) is 0 Å². The molecule has 1 N–H and O–H groups in total. The van der Waals surface area contributed by atoms with Crippen molar-refractivity contribution in [3.8, 4) is 5.75 Å². The maximum atomic E-state index is 13.5. The predicted molar refractivity (Wildman–Crippen MR) is 100 cm³/mol. The minimum atomic E-state index is -4.54. The van der Waals surface area contributed by atoms with Gasteiger partial charge in [0.05, 0.1) is 17.8 Å². The second kappa shape index (κ2) is 9.05. The lowest BCUT2D eigenvalue weighted by atomic mass is 9.90. The fourth-order valence-corrected chi connectivity index (χ4v) is 3.26. The van der Waals surface area contributed by atoms with Crippen molar-refractivity contribution in [2.75, 3.05) is 6.61 Å². The van der Waals surface area contributed by atoms with Crippen molar-refractivity contribution in [1.82, 2.24) is 14.8 Å². The van der Waals surface area contributed by atoms with Gasteiger partial charge in [-0.25, -0.2) is 8.78 Å². The zero-order valence-electron chi connectivity index (χ0n) is 16.7. The molecule has 3 rings (SSSR count). The molecule has 0 bridgehead atoms. The van der Waals surface area contributed by atoms with E-state index in [-0.39, 0.29) is 36.4 Å². The molecule has 2 aromatic heterocycles. The van der Waals surface area contributed by atoms with Gasteiger partial charge in [-0.05, 0) is 19.4 Å². The number of allylic oxidation sites excluding steroid dienone is 1. The van der Waals surface area contributed by atoms with Crippen LogP contribution in [0.2, 0.25) is 0 Å². The number of aliphatic hydroxyl groups is 1. The third-order valence-corrected chi connectivity index (χ3v) is 4.82. The molecule has 2 aromatic rings. The van der Waals surface area contributed by atoms with E-state index >= 15 is 0 Å². The molecule has 0 atom stereocenters. The number of rotatable bonds is 6. The molecule has 0 spiro atoms. The molecular formula is C20H18F5N3O4. The van der Waals surface area contributed by atoms with Crippen molar-refractivity contribution < 1.29 is 41.4 Å². The van der Waals surface area contributed by atoms with E-state index in [9.17, 15) is 36.6 Å². The van der Waals surface area contributed by atoms with Gasteiger partial charge in [-0.2, -0.15) is 18.3 Å². The van der Waals surface area contributed by atoms with Crippen molar-refractivity contribution in [3.05, 3.63) is 46.5 Å². The average molecular weight is 459 g/mol. The molecule has 1 saturated carbocycles. The number of carbonyl (C=O) groups is 2. The second-order valence-corrected chi connectivity index (χ2v) is 7.13. The second-order valence-electron chi connectivity index (χ2n) is 7.13. The van der Waals surface area contributed by atoms with E-state index in [0.29, 0.717) is 6.42 Å². The molecule has 0 aliphatic heterocycles. The molecule has 0 radical (unpaired) electrons. The zero-order chi connectivity index (χ0) is 23.6. The number of hydrogen-bond acceptors (Lipinski definition) is 6. The number of pyridine rings is 1. The fourth-order valence-electron chi connectivity index (χ4n) is 3.26. The number of aliphatic hydroxyl groups excluding tert-OH is 1. The Morgan fingerprint density at radius 2 is 1.91 bits per heavy atom. The lowest BCUT2D eigenvalue weighted by molar-refractivity contribution is -0.153. The lowest BCUT2D eigenvalue weighted by Gasteiger charge is -2.13. The fraction of sp³-hybridized carbons (Fsp3) is 0.400. The Balaban J connectivity index is 1.95. The minimum Gasteiger partial charge on any atom is -0.506 e. The van der Waals surface area contributed by atoms with E-state index in [1.54, 1.807) is 0 Å². The quantitative estimate of drug-likeness (QED) is 0.303. The maximum absolute atomic E-state index is 13.5. The summed E-state index contributed by atoms with van der Waals surface area (Å²) in [6.07, 6.45) is -5.10. The van der Waals surface area contributed by atoms with E-state index in [2.05, 4.69) is 10.1 Å². The summed E-state index contributed by atoms with van der Waals surface area (Å²) in [5.41, 5.74) is -1.41. The summed E-state index contributed by atoms with van der Waals surface area (Å²) >= 11 is 0. The monoisotopic (exact) mass is 459 g/mol. The molecule has 1 aliphatic carbocycles. The molecule has 0 unspecified atom stereocenters. The number of halogens is 5. The third-order valence-electron chi connectivity index (χ3n) is 4.82. The van der Waals surface area contributed by atoms with Crippen LogP contribution in [-0.4, -0.2) is 44.2 Å². The summed E-state index contributed by atoms with van der Waals surface area (Å²) < 4.78 is 70.1. The van der Waals surface area contributed by atoms with Crippen LogP contribution in [0.5, 0.6) is 5.75 Å². The van der Waals surface area contributed by atoms with Crippen LogP contribution in [0, 0.1) is 6.92 Å². The maximum Gasteiger partial charge on any atom is 0.422 e. The first-order chi connectivity index (χ1) is 15.0. The SMILES string of the molecule is Cc1c(OCC(F)(F)F)ccnc1Cn1cc(C(O)=C2C(=O)CCCC2=O)c(C(F)F)n1. The number of carbonyl (C=O) groups excluding carboxylic acids is 2. The van der Waals surface area contributed by atoms with Crippen molar-refractivity contribution in [2.24, 2.45) is 0 Å². The van der Waals surface area contributed by atoms with E-state index in [0.717, 1.165) is 10.9 Å². The minimum absolute atomic E-state index is 0.0110. The molecular weight excluding hydrogens is 441 g/mol. The molecule has 1 aliphatic rings. The third kappa shape index (κ3) is 5.11. The number of ether oxygens (including phenoxy) is 1. The van der Waals surface area contributed by atoms with Gasteiger partial charge in [0.15, 0.2) is 18.2 Å². The summed E-state index contributed by atoms with van der Waals surface area (Å²) in [4.78, 5) is 28.1.